The largest absolute Gasteiger partial charge is 0.390 e. The fourth-order valence-corrected chi connectivity index (χ4v) is 4.72. The molecule has 2 aliphatic rings. The zero-order chi connectivity index (χ0) is 22.9. The lowest BCUT2D eigenvalue weighted by Crippen LogP contribution is -2.55. The quantitative estimate of drug-likeness (QED) is 0.586. The van der Waals surface area contributed by atoms with Gasteiger partial charge in [0.2, 0.25) is 0 Å². The van der Waals surface area contributed by atoms with Gasteiger partial charge in [-0.15, -0.1) is 0 Å². The molecule has 0 radical (unpaired) electrons. The van der Waals surface area contributed by atoms with Gasteiger partial charge in [-0.2, -0.15) is 0 Å². The van der Waals surface area contributed by atoms with Gasteiger partial charge < -0.3 is 15.3 Å². The van der Waals surface area contributed by atoms with Gasteiger partial charge in [0.1, 0.15) is 18.0 Å². The van der Waals surface area contributed by atoms with Crippen molar-refractivity contribution in [1.82, 2.24) is 14.9 Å². The van der Waals surface area contributed by atoms with Crippen LogP contribution < -0.4 is 10.2 Å². The van der Waals surface area contributed by atoms with Crippen LogP contribution in [0.4, 0.5) is 30.5 Å². The number of hydrogen-bond donors (Lipinski definition) is 2. The highest BCUT2D eigenvalue weighted by atomic mass is 19.2. The molecule has 0 spiro atoms. The number of aliphatic hydroxyl groups excluding tert-OH is 1. The van der Waals surface area contributed by atoms with Gasteiger partial charge in [-0.1, -0.05) is 24.3 Å². The molecule has 2 atom stereocenters. The minimum Gasteiger partial charge on any atom is -0.390 e. The Kier molecular flexibility index (Phi) is 5.90. The summed E-state index contributed by atoms with van der Waals surface area (Å²) in [5, 5.41) is 13.7. The molecule has 0 aliphatic carbocycles. The highest BCUT2D eigenvalue weighted by Crippen LogP contribution is 2.28. The van der Waals surface area contributed by atoms with Crippen LogP contribution in [-0.4, -0.2) is 51.8 Å². The molecule has 2 aliphatic heterocycles. The fraction of sp³-hybridized carbons (Fsp3) is 0.333. The number of benzene rings is 2. The van der Waals surface area contributed by atoms with Crippen LogP contribution in [0.15, 0.2) is 48.8 Å². The van der Waals surface area contributed by atoms with Crippen LogP contribution in [0.3, 0.4) is 0 Å². The predicted octanol–water partition coefficient (Wildman–Crippen LogP) is 3.64. The summed E-state index contributed by atoms with van der Waals surface area (Å²) in [6.07, 6.45) is 2.56. The van der Waals surface area contributed by atoms with E-state index in [0.717, 1.165) is 38.1 Å². The molecule has 0 saturated carbocycles. The molecule has 172 valence electrons. The summed E-state index contributed by atoms with van der Waals surface area (Å²) in [4.78, 5) is 12.7. The molecule has 2 aromatic carbocycles. The third-order valence-corrected chi connectivity index (χ3v) is 6.41. The summed E-state index contributed by atoms with van der Waals surface area (Å²) in [5.41, 5.74) is 2.74. The minimum absolute atomic E-state index is 0.0418. The smallest absolute Gasteiger partial charge is 0.194 e. The van der Waals surface area contributed by atoms with Crippen molar-refractivity contribution in [1.29, 1.82) is 0 Å². The van der Waals surface area contributed by atoms with Gasteiger partial charge in [-0.25, -0.2) is 23.1 Å². The van der Waals surface area contributed by atoms with Crippen LogP contribution in [0.25, 0.3) is 0 Å². The molecule has 1 fully saturated rings. The fourth-order valence-electron chi connectivity index (χ4n) is 4.72. The van der Waals surface area contributed by atoms with E-state index in [9.17, 15) is 18.3 Å². The first kappa shape index (κ1) is 21.7. The zero-order valence-electron chi connectivity index (χ0n) is 17.9. The van der Waals surface area contributed by atoms with Crippen molar-refractivity contribution in [2.75, 3.05) is 29.9 Å². The van der Waals surface area contributed by atoms with E-state index >= 15 is 0 Å². The second-order valence-corrected chi connectivity index (χ2v) is 8.50. The maximum Gasteiger partial charge on any atom is 0.194 e. The standard InChI is InChI=1S/C24H24F3N5O/c25-18-9-17(10-19(26)24(18)27)30-22-11-23(29-14-28-22)32-8-6-20(21(33)13-32)31-7-5-15-3-1-2-4-16(15)12-31/h1-4,9-11,14,20-21,33H,5-8,12-13H2,(H,28,29,30)/t20-,21-/m0/s1. The summed E-state index contributed by atoms with van der Waals surface area (Å²) < 4.78 is 40.2. The van der Waals surface area contributed by atoms with Crippen molar-refractivity contribution in [3.8, 4) is 0 Å². The van der Waals surface area contributed by atoms with Crippen molar-refractivity contribution >= 4 is 17.3 Å². The summed E-state index contributed by atoms with van der Waals surface area (Å²) in [6, 6.07) is 11.9. The van der Waals surface area contributed by atoms with Crippen LogP contribution in [0.2, 0.25) is 0 Å². The normalized spacial score (nSPS) is 21.0. The lowest BCUT2D eigenvalue weighted by molar-refractivity contribution is 0.0293. The third-order valence-electron chi connectivity index (χ3n) is 6.41. The number of halogens is 3. The van der Waals surface area contributed by atoms with E-state index in [2.05, 4.69) is 44.5 Å². The van der Waals surface area contributed by atoms with E-state index in [1.165, 1.54) is 17.5 Å². The van der Waals surface area contributed by atoms with E-state index in [1.54, 1.807) is 6.07 Å². The Morgan fingerprint density at radius 2 is 1.73 bits per heavy atom. The molecule has 1 aromatic heterocycles. The first-order valence-corrected chi connectivity index (χ1v) is 11.0. The Labute approximate surface area is 189 Å². The van der Waals surface area contributed by atoms with E-state index in [-0.39, 0.29) is 11.7 Å². The van der Waals surface area contributed by atoms with Gasteiger partial charge in [0, 0.05) is 56.1 Å². The molecule has 2 N–H and O–H groups in total. The Bertz CT molecular complexity index is 1140. The molecule has 3 heterocycles. The van der Waals surface area contributed by atoms with E-state index in [4.69, 9.17) is 0 Å². The van der Waals surface area contributed by atoms with Gasteiger partial charge >= 0.3 is 0 Å². The Morgan fingerprint density at radius 1 is 0.970 bits per heavy atom. The van der Waals surface area contributed by atoms with Crippen molar-refractivity contribution in [2.45, 2.75) is 31.5 Å². The number of aromatic nitrogens is 2. The first-order valence-electron chi connectivity index (χ1n) is 11.0. The number of β-amino-alcohol motifs (C(OH)–C–C–N with tert-alkyl or cyclic N) is 1. The maximum atomic E-state index is 13.5. The van der Waals surface area contributed by atoms with E-state index in [1.807, 2.05) is 4.90 Å². The molecular weight excluding hydrogens is 431 g/mol. The Hall–Kier alpha value is -3.17. The molecule has 0 amide bonds. The summed E-state index contributed by atoms with van der Waals surface area (Å²) in [6.45, 7) is 2.88. The number of piperidine rings is 1. The lowest BCUT2D eigenvalue weighted by Gasteiger charge is -2.43. The highest BCUT2D eigenvalue weighted by molar-refractivity contribution is 5.59. The van der Waals surface area contributed by atoms with Crippen molar-refractivity contribution in [3.63, 3.8) is 0 Å². The van der Waals surface area contributed by atoms with Crippen molar-refractivity contribution in [2.24, 2.45) is 0 Å². The van der Waals surface area contributed by atoms with Crippen molar-refractivity contribution in [3.05, 3.63) is 77.4 Å². The number of aliphatic hydroxyl groups is 1. The van der Waals surface area contributed by atoms with Gasteiger partial charge in [0.15, 0.2) is 17.5 Å². The summed E-state index contributed by atoms with van der Waals surface area (Å²) >= 11 is 0. The second-order valence-electron chi connectivity index (χ2n) is 8.50. The minimum atomic E-state index is -1.52. The molecule has 0 bridgehead atoms. The average Bonchev–Trinajstić information content (AvgIpc) is 2.82. The maximum absolute atomic E-state index is 13.5. The molecule has 3 aromatic rings. The molecule has 0 unspecified atom stereocenters. The SMILES string of the molecule is O[C@H]1CN(c2cc(Nc3cc(F)c(F)c(F)c3)ncn2)CC[C@@H]1N1CCc2ccccc2C1. The first-order chi connectivity index (χ1) is 16.0. The predicted molar refractivity (Wildman–Crippen MR) is 119 cm³/mol. The van der Waals surface area contributed by atoms with Gasteiger partial charge in [-0.05, 0) is 24.0 Å². The monoisotopic (exact) mass is 455 g/mol. The Balaban J connectivity index is 1.25. The van der Waals surface area contributed by atoms with Gasteiger partial charge in [0.05, 0.1) is 6.10 Å². The molecule has 5 rings (SSSR count). The number of anilines is 3. The van der Waals surface area contributed by atoms with E-state index < -0.39 is 23.6 Å². The third kappa shape index (κ3) is 4.51. The Morgan fingerprint density at radius 3 is 2.48 bits per heavy atom. The number of hydrogen-bond acceptors (Lipinski definition) is 6. The molecular formula is C24H24F3N5O. The number of nitrogens with one attached hydrogen (secondary N) is 1. The van der Waals surface area contributed by atoms with Crippen molar-refractivity contribution < 1.29 is 18.3 Å². The molecule has 6 nitrogen and oxygen atoms in total. The topological polar surface area (TPSA) is 64.5 Å². The zero-order valence-corrected chi connectivity index (χ0v) is 17.9. The average molecular weight is 455 g/mol. The van der Waals surface area contributed by atoms with Crippen LogP contribution in [0, 0.1) is 17.5 Å². The molecule has 9 heteroatoms. The number of fused-ring (bicyclic) bond motifs is 1. The van der Waals surface area contributed by atoms with Gasteiger partial charge in [-0.3, -0.25) is 4.90 Å². The summed E-state index contributed by atoms with van der Waals surface area (Å²) in [5.74, 6) is -3.17. The van der Waals surface area contributed by atoms with Crippen LogP contribution in [-0.2, 0) is 13.0 Å². The van der Waals surface area contributed by atoms with Crippen LogP contribution in [0.5, 0.6) is 0 Å². The second kappa shape index (κ2) is 8.99. The summed E-state index contributed by atoms with van der Waals surface area (Å²) in [7, 11) is 0. The number of nitrogens with zero attached hydrogens (tertiary/aromatic N) is 4. The lowest BCUT2D eigenvalue weighted by atomic mass is 9.94. The van der Waals surface area contributed by atoms with E-state index in [0.29, 0.717) is 24.7 Å². The van der Waals surface area contributed by atoms with Gasteiger partial charge in [0.25, 0.3) is 0 Å². The highest BCUT2D eigenvalue weighted by Gasteiger charge is 2.34. The van der Waals surface area contributed by atoms with Crippen LogP contribution >= 0.6 is 0 Å². The van der Waals surface area contributed by atoms with Crippen LogP contribution in [0.1, 0.15) is 17.5 Å². The number of rotatable bonds is 4. The molecule has 33 heavy (non-hydrogen) atoms. The molecule has 1 saturated heterocycles.